The van der Waals surface area contributed by atoms with Crippen molar-refractivity contribution in [3.8, 4) is 50.6 Å². The predicted molar refractivity (Wildman–Crippen MR) is 558 cm³/mol. The van der Waals surface area contributed by atoms with Gasteiger partial charge in [-0.3, -0.25) is 33.4 Å². The monoisotopic (exact) mass is 2040 g/mol. The summed E-state index contributed by atoms with van der Waals surface area (Å²) in [5.41, 5.74) is 26.3. The number of aromatic nitrogens is 10. The Kier molecular flexibility index (Phi) is 30.2. The lowest BCUT2D eigenvalue weighted by atomic mass is 9.98. The van der Waals surface area contributed by atoms with Crippen LogP contribution < -0.4 is 14.2 Å². The van der Waals surface area contributed by atoms with Crippen molar-refractivity contribution in [2.24, 2.45) is 27.1 Å². The van der Waals surface area contributed by atoms with Crippen LogP contribution in [0.2, 0.25) is 30.1 Å². The number of carbonyl (C=O) groups is 6. The van der Waals surface area contributed by atoms with Gasteiger partial charge < -0.3 is 62.3 Å². The lowest BCUT2D eigenvalue weighted by Crippen LogP contribution is -2.42. The molecule has 0 aliphatic carbocycles. The molecule has 3 atom stereocenters. The Labute approximate surface area is 854 Å². The highest BCUT2D eigenvalue weighted by Gasteiger charge is 2.40. The normalized spacial score (nSPS) is 14.8. The van der Waals surface area contributed by atoms with E-state index in [1.54, 1.807) is 46.2 Å². The van der Waals surface area contributed by atoms with Crippen LogP contribution >= 0.6 is 69.6 Å². The molecule has 142 heavy (non-hydrogen) atoms. The Morgan fingerprint density at radius 3 is 1.23 bits per heavy atom. The quantitative estimate of drug-likeness (QED) is 0.0403. The molecule has 15 aromatic rings. The number of hydrogen-bond acceptors (Lipinski definition) is 14. The number of amides is 3. The molecule has 3 aliphatic rings. The minimum atomic E-state index is -1.15. The zero-order valence-electron chi connectivity index (χ0n) is 82.9. The zero-order valence-corrected chi connectivity index (χ0v) is 87.4. The molecule has 26 nitrogen and oxygen atoms in total. The van der Waals surface area contributed by atoms with Gasteiger partial charge >= 0.3 is 17.9 Å². The van der Waals surface area contributed by atoms with Gasteiger partial charge in [-0.05, 0) is 294 Å². The number of aromatic carboxylic acids is 3. The molecule has 3 N–H and O–H groups in total. The van der Waals surface area contributed by atoms with Gasteiger partial charge in [-0.1, -0.05) is 107 Å². The van der Waals surface area contributed by atoms with Crippen LogP contribution in [0.3, 0.4) is 0 Å². The van der Waals surface area contributed by atoms with Crippen molar-refractivity contribution in [3.05, 3.63) is 293 Å². The first kappa shape index (κ1) is 102. The molecular weight excluding hydrogens is 1920 g/mol. The number of nitrogens with zero attached hydrogens (tertiary/aromatic N) is 13. The van der Waals surface area contributed by atoms with Gasteiger partial charge in [0.25, 0.3) is 17.7 Å². The fraction of sp³-hybridized carbons (Fsp3) is 0.345. The number of halogens is 6. The molecule has 0 saturated heterocycles. The third-order valence-electron chi connectivity index (χ3n) is 27.7. The van der Waals surface area contributed by atoms with Crippen LogP contribution in [-0.4, -0.2) is 153 Å². The first-order valence-corrected chi connectivity index (χ1v) is 49.8. The summed E-state index contributed by atoms with van der Waals surface area (Å²) in [5.74, 6) is -0.820. The Balaban J connectivity index is 0.000000153. The van der Waals surface area contributed by atoms with E-state index in [1.807, 2.05) is 196 Å². The molecule has 0 fully saturated rings. The number of pyridine rings is 1. The Hall–Kier alpha value is -12.8. The van der Waals surface area contributed by atoms with Crippen molar-refractivity contribution >= 4 is 138 Å². The van der Waals surface area contributed by atoms with Crippen molar-refractivity contribution < 1.29 is 62.7 Å². The molecule has 8 aromatic heterocycles. The summed E-state index contributed by atoms with van der Waals surface area (Å²) in [6, 6.07) is 36.3. The average Bonchev–Trinajstić information content (AvgIpc) is 1.56. The molecule has 3 amide bonds. The van der Waals surface area contributed by atoms with E-state index < -0.39 is 17.9 Å². The van der Waals surface area contributed by atoms with E-state index in [-0.39, 0.29) is 65.7 Å². The topological polar surface area (TPSA) is 295 Å². The Bertz CT molecular complexity index is 7470. The maximum absolute atomic E-state index is 14.8. The van der Waals surface area contributed by atoms with E-state index in [0.29, 0.717) is 135 Å². The van der Waals surface area contributed by atoms with E-state index in [2.05, 4.69) is 49.7 Å². The molecule has 18 rings (SSSR count). The first-order chi connectivity index (χ1) is 67.6. The number of hydrogen-bond donors (Lipinski definition) is 3. The standard InChI is InChI=1S/C38H40Cl2N4O4.C36H37Cl2N5O4.C36H38Cl2N4O5/c1-21-18-28(19-22(2)34(21)40)48-17-7-8-29-30-13-14-31(39)33(32-24(4)41-42(6)25(32)5)35(30)43-16-15-23(3)44(37(45)36(29)43)20-26-9-11-27(12-10-26)38(46)47;1-19-14-26(15-20(2)32(19)38)47-13-7-8-27-28-11-12-29(37)31(30-22(4)40-41(6)23(30)5)33(28)43-21(3)17-42(35(44)34(27)43)18-25-10-9-24(16-39-25)36(45)46;1-19-16-41(18-24-9-12-29(47-24)36(44)45)35(43)34-26(8-7-13-46-25-14-20(2)32(38)21(3)15-25)27-10-11-28(37)31(33(27)42(34)17-19)30-22(4)39-40(6)23(30)5/h9-14,18-19,23H,7-8,15-17,20H2,1-6H3,(H,46,47);9-12,14-16,21H,7-8,13,17-18H2,1-6H3,(H,45,46);9-12,14-15,19H,7-8,13,16-18H2,1-6H3,(H,44,45). The van der Waals surface area contributed by atoms with Gasteiger partial charge in [-0.2, -0.15) is 15.3 Å². The van der Waals surface area contributed by atoms with Crippen LogP contribution in [0, 0.1) is 89.0 Å². The maximum Gasteiger partial charge on any atom is 0.371 e. The van der Waals surface area contributed by atoms with Crippen LogP contribution in [0.25, 0.3) is 66.1 Å². The first-order valence-electron chi connectivity index (χ1n) is 47.5. The summed E-state index contributed by atoms with van der Waals surface area (Å²) >= 11 is 40.2. The minimum Gasteiger partial charge on any atom is -0.494 e. The number of aryl methyl sites for hydroxylation is 16. The van der Waals surface area contributed by atoms with Crippen molar-refractivity contribution in [3.63, 3.8) is 0 Å². The smallest absolute Gasteiger partial charge is 0.371 e. The summed E-state index contributed by atoms with van der Waals surface area (Å²) in [6.45, 7) is 34.5. The lowest BCUT2D eigenvalue weighted by molar-refractivity contribution is 0.0647. The molecule has 3 unspecified atom stereocenters. The summed E-state index contributed by atoms with van der Waals surface area (Å²) in [7, 11) is 5.77. The molecular formula is C110H115Cl6N13O13. The number of fused-ring (bicyclic) bond motifs is 9. The molecule has 740 valence electrons. The predicted octanol–water partition coefficient (Wildman–Crippen LogP) is 24.8. The zero-order chi connectivity index (χ0) is 102. The number of carboxylic acid groups (broad SMARTS) is 3. The van der Waals surface area contributed by atoms with Crippen LogP contribution in [0.15, 0.2) is 132 Å². The number of benzene rings is 7. The third kappa shape index (κ3) is 20.1. The minimum absolute atomic E-state index is 0.0522. The maximum atomic E-state index is 14.8. The molecule has 3 aliphatic heterocycles. The fourth-order valence-electron chi connectivity index (χ4n) is 20.6. The van der Waals surface area contributed by atoms with Gasteiger partial charge in [0.15, 0.2) is 0 Å². The van der Waals surface area contributed by atoms with Crippen LogP contribution in [-0.2, 0) is 73.1 Å². The van der Waals surface area contributed by atoms with Gasteiger partial charge in [-0.15, -0.1) is 0 Å². The van der Waals surface area contributed by atoms with E-state index in [0.717, 1.165) is 195 Å². The van der Waals surface area contributed by atoms with E-state index in [1.165, 1.54) is 18.3 Å². The molecule has 0 radical (unpaired) electrons. The summed E-state index contributed by atoms with van der Waals surface area (Å²) in [6.07, 6.45) is 5.92. The van der Waals surface area contributed by atoms with Crippen molar-refractivity contribution in [2.45, 2.75) is 194 Å². The Morgan fingerprint density at radius 2 is 0.824 bits per heavy atom. The van der Waals surface area contributed by atoms with Crippen molar-refractivity contribution in [1.29, 1.82) is 0 Å². The molecule has 32 heteroatoms. The van der Waals surface area contributed by atoms with Crippen LogP contribution in [0.4, 0.5) is 0 Å². The van der Waals surface area contributed by atoms with E-state index >= 15 is 0 Å². The molecule has 7 aromatic carbocycles. The third-order valence-corrected chi connectivity index (χ3v) is 30.4. The molecule has 0 bridgehead atoms. The molecule has 11 heterocycles. The SMILES string of the molecule is Cc1cc(OCCCc2c3n(c4c(-c5c(C)nn(C)c5C)c(Cl)ccc24)C(C)CN(Cc2ccc(C(=O)O)cn2)C3=O)cc(C)c1Cl.Cc1cc(OCCCc2c3n(c4c(-c5c(C)nn(C)c5C)c(Cl)ccc24)CC(C)CN(Cc2ccc(C(=O)O)o2)C3=O)cc(C)c1Cl.Cc1cc(OCCCc2c3n(c4c(-c5c(C)nn(C)c5C)c(Cl)ccc24)CCC(C)N(Cc2ccc(C(=O)O)cc2)C3=O)cc(C)c1Cl. The second-order valence-corrected chi connectivity index (χ2v) is 40.2. The second kappa shape index (κ2) is 42.0. The van der Waals surface area contributed by atoms with E-state index in [9.17, 15) is 44.1 Å². The van der Waals surface area contributed by atoms with Gasteiger partial charge in [0, 0.05) is 154 Å². The van der Waals surface area contributed by atoms with Gasteiger partial charge in [-0.25, -0.2) is 14.4 Å². The van der Waals surface area contributed by atoms with Gasteiger partial charge in [0.05, 0.1) is 98.4 Å². The number of carboxylic acids is 3. The van der Waals surface area contributed by atoms with Gasteiger partial charge in [0.1, 0.15) is 40.1 Å². The molecule has 0 spiro atoms. The van der Waals surface area contributed by atoms with Crippen LogP contribution in [0.5, 0.6) is 17.2 Å². The van der Waals surface area contributed by atoms with E-state index in [4.69, 9.17) is 93.3 Å². The number of rotatable bonds is 27. The second-order valence-electron chi connectivity index (χ2n) is 37.9. The van der Waals surface area contributed by atoms with Crippen molar-refractivity contribution in [2.75, 3.05) is 32.9 Å². The average molecular weight is 2040 g/mol. The highest BCUT2D eigenvalue weighted by molar-refractivity contribution is 6.37. The lowest BCUT2D eigenvalue weighted by Gasteiger charge is -2.34. The number of carbonyl (C=O) groups excluding carboxylic acids is 3. The van der Waals surface area contributed by atoms with Gasteiger partial charge in [0.2, 0.25) is 5.76 Å². The summed E-state index contributed by atoms with van der Waals surface area (Å²) < 4.78 is 36.1. The summed E-state index contributed by atoms with van der Waals surface area (Å²) in [5, 5.41) is 49.1. The number of furan rings is 1. The van der Waals surface area contributed by atoms with Crippen LogP contribution in [0.1, 0.15) is 216 Å². The highest BCUT2D eigenvalue weighted by Crippen LogP contribution is 2.49. The fourth-order valence-corrected chi connectivity index (χ4v) is 21.7. The largest absolute Gasteiger partial charge is 0.494 e. The Morgan fingerprint density at radius 1 is 0.423 bits per heavy atom. The number of ether oxygens (including phenoxy) is 3. The highest BCUT2D eigenvalue weighted by atomic mass is 35.5. The molecule has 0 saturated carbocycles. The van der Waals surface area contributed by atoms with Crippen molar-refractivity contribution in [1.82, 2.24) is 62.7 Å². The summed E-state index contributed by atoms with van der Waals surface area (Å²) in [4.78, 5) is 87.9.